The molecule has 0 bridgehead atoms. The van der Waals surface area contributed by atoms with Gasteiger partial charge in [0.1, 0.15) is 0 Å². The molecule has 2 aromatic carbocycles. The lowest BCUT2D eigenvalue weighted by Gasteiger charge is -2.09. The number of rotatable bonds is 5. The number of nitrogens with one attached hydrogen (secondary N) is 2. The Hall–Kier alpha value is -2.80. The molecule has 0 aliphatic heterocycles. The minimum absolute atomic E-state index is 0.0221. The maximum atomic E-state index is 11.9. The first-order valence-electron chi connectivity index (χ1n) is 7.19. The van der Waals surface area contributed by atoms with Crippen molar-refractivity contribution in [2.75, 3.05) is 17.2 Å². The van der Waals surface area contributed by atoms with Gasteiger partial charge in [0.2, 0.25) is 5.91 Å². The molecule has 2 aromatic rings. The second-order valence-electron chi connectivity index (χ2n) is 5.29. The normalized spacial score (nSPS) is 9.86. The van der Waals surface area contributed by atoms with Crippen LogP contribution in [0.25, 0.3) is 0 Å². The third-order valence-corrected chi connectivity index (χ3v) is 3.20. The monoisotopic (exact) mass is 293 g/mol. The number of carbonyl (C=O) groups is 1. The molecule has 112 valence electrons. The predicted molar refractivity (Wildman–Crippen MR) is 88.8 cm³/mol. The molecule has 0 unspecified atom stereocenters. The molecule has 4 nitrogen and oxygen atoms in total. The van der Waals surface area contributed by atoms with E-state index in [1.54, 1.807) is 12.1 Å². The van der Waals surface area contributed by atoms with Crippen LogP contribution in [0.15, 0.2) is 42.5 Å². The van der Waals surface area contributed by atoms with E-state index in [9.17, 15) is 4.79 Å². The molecular formula is C18H19N3O. The van der Waals surface area contributed by atoms with Gasteiger partial charge in [-0.1, -0.05) is 6.07 Å². The van der Waals surface area contributed by atoms with Crippen LogP contribution in [0, 0.1) is 25.2 Å². The molecule has 0 aliphatic carbocycles. The second kappa shape index (κ2) is 7.28. The van der Waals surface area contributed by atoms with Crippen LogP contribution in [0.5, 0.6) is 0 Å². The standard InChI is InChI=1S/C18H19N3O/c1-13-9-14(2)11-17(10-13)21-18(22)7-8-20-16-5-3-15(12-19)4-6-16/h3-6,9-11,20H,7-8H2,1-2H3,(H,21,22). The van der Waals surface area contributed by atoms with Gasteiger partial charge in [0.25, 0.3) is 0 Å². The molecule has 0 saturated heterocycles. The average Bonchev–Trinajstić information content (AvgIpc) is 2.47. The van der Waals surface area contributed by atoms with Crippen molar-refractivity contribution in [1.29, 1.82) is 5.26 Å². The van der Waals surface area contributed by atoms with Crippen molar-refractivity contribution in [1.82, 2.24) is 0 Å². The fraction of sp³-hybridized carbons (Fsp3) is 0.222. The number of nitriles is 1. The van der Waals surface area contributed by atoms with Gasteiger partial charge < -0.3 is 10.6 Å². The van der Waals surface area contributed by atoms with Gasteiger partial charge in [0.05, 0.1) is 11.6 Å². The molecule has 2 N–H and O–H groups in total. The lowest BCUT2D eigenvalue weighted by atomic mass is 10.1. The van der Waals surface area contributed by atoms with E-state index in [1.807, 2.05) is 38.1 Å². The van der Waals surface area contributed by atoms with E-state index in [0.29, 0.717) is 18.5 Å². The Morgan fingerprint density at radius 3 is 2.27 bits per heavy atom. The number of aryl methyl sites for hydroxylation is 2. The lowest BCUT2D eigenvalue weighted by Crippen LogP contribution is -2.16. The average molecular weight is 293 g/mol. The molecular weight excluding hydrogens is 274 g/mol. The molecule has 0 fully saturated rings. The Bertz CT molecular complexity index is 679. The van der Waals surface area contributed by atoms with E-state index in [4.69, 9.17) is 5.26 Å². The number of amides is 1. The molecule has 22 heavy (non-hydrogen) atoms. The maximum Gasteiger partial charge on any atom is 0.226 e. The summed E-state index contributed by atoms with van der Waals surface area (Å²) in [5.74, 6) is -0.0221. The molecule has 0 saturated carbocycles. The number of anilines is 2. The molecule has 0 aliphatic rings. The Morgan fingerprint density at radius 2 is 1.68 bits per heavy atom. The highest BCUT2D eigenvalue weighted by Gasteiger charge is 2.03. The number of carbonyl (C=O) groups excluding carboxylic acids is 1. The lowest BCUT2D eigenvalue weighted by molar-refractivity contribution is -0.115. The quantitative estimate of drug-likeness (QED) is 0.885. The van der Waals surface area contributed by atoms with Gasteiger partial charge >= 0.3 is 0 Å². The molecule has 4 heteroatoms. The first-order chi connectivity index (χ1) is 10.6. The zero-order valence-electron chi connectivity index (χ0n) is 12.8. The van der Waals surface area contributed by atoms with E-state index >= 15 is 0 Å². The third-order valence-electron chi connectivity index (χ3n) is 3.20. The first kappa shape index (κ1) is 15.6. The van der Waals surface area contributed by atoms with Crippen LogP contribution in [0.4, 0.5) is 11.4 Å². The largest absolute Gasteiger partial charge is 0.385 e. The van der Waals surface area contributed by atoms with E-state index in [2.05, 4.69) is 22.8 Å². The number of hydrogen-bond acceptors (Lipinski definition) is 3. The topological polar surface area (TPSA) is 64.9 Å². The molecule has 0 spiro atoms. The summed E-state index contributed by atoms with van der Waals surface area (Å²) in [5.41, 5.74) is 4.62. The molecule has 0 heterocycles. The van der Waals surface area contributed by atoms with Crippen LogP contribution in [-0.2, 0) is 4.79 Å². The zero-order chi connectivity index (χ0) is 15.9. The number of benzene rings is 2. The van der Waals surface area contributed by atoms with Crippen LogP contribution in [0.2, 0.25) is 0 Å². The van der Waals surface area contributed by atoms with Crippen molar-refractivity contribution in [2.24, 2.45) is 0 Å². The summed E-state index contributed by atoms with van der Waals surface area (Å²) in [7, 11) is 0. The molecule has 0 atom stereocenters. The van der Waals surface area contributed by atoms with E-state index < -0.39 is 0 Å². The smallest absolute Gasteiger partial charge is 0.226 e. The Labute approximate surface area is 130 Å². The van der Waals surface area contributed by atoms with Gasteiger partial charge in [0.15, 0.2) is 0 Å². The van der Waals surface area contributed by atoms with Gasteiger partial charge in [-0.05, 0) is 61.4 Å². The van der Waals surface area contributed by atoms with Gasteiger partial charge in [-0.15, -0.1) is 0 Å². The second-order valence-corrected chi connectivity index (χ2v) is 5.29. The van der Waals surface area contributed by atoms with E-state index in [-0.39, 0.29) is 5.91 Å². The van der Waals surface area contributed by atoms with Crippen LogP contribution in [0.3, 0.4) is 0 Å². The van der Waals surface area contributed by atoms with Crippen molar-refractivity contribution < 1.29 is 4.79 Å². The summed E-state index contributed by atoms with van der Waals surface area (Å²) in [4.78, 5) is 11.9. The number of nitrogens with zero attached hydrogens (tertiary/aromatic N) is 1. The van der Waals surface area contributed by atoms with Gasteiger partial charge in [-0.25, -0.2) is 0 Å². The van der Waals surface area contributed by atoms with Gasteiger partial charge in [-0.2, -0.15) is 5.26 Å². The Kier molecular flexibility index (Phi) is 5.16. The highest BCUT2D eigenvalue weighted by Crippen LogP contribution is 2.14. The van der Waals surface area contributed by atoms with Gasteiger partial charge in [0, 0.05) is 24.3 Å². The maximum absolute atomic E-state index is 11.9. The summed E-state index contributed by atoms with van der Waals surface area (Å²) < 4.78 is 0. The van der Waals surface area contributed by atoms with Crippen LogP contribution >= 0.6 is 0 Å². The highest BCUT2D eigenvalue weighted by molar-refractivity contribution is 5.91. The minimum atomic E-state index is -0.0221. The van der Waals surface area contributed by atoms with Crippen molar-refractivity contribution in [3.63, 3.8) is 0 Å². The fourth-order valence-corrected chi connectivity index (χ4v) is 2.25. The zero-order valence-corrected chi connectivity index (χ0v) is 12.8. The van der Waals surface area contributed by atoms with E-state index in [1.165, 1.54) is 0 Å². The molecule has 0 aromatic heterocycles. The van der Waals surface area contributed by atoms with Crippen molar-refractivity contribution in [2.45, 2.75) is 20.3 Å². The van der Waals surface area contributed by atoms with E-state index in [0.717, 1.165) is 22.5 Å². The summed E-state index contributed by atoms with van der Waals surface area (Å²) >= 11 is 0. The molecule has 1 amide bonds. The van der Waals surface area contributed by atoms with Crippen molar-refractivity contribution >= 4 is 17.3 Å². The SMILES string of the molecule is Cc1cc(C)cc(NC(=O)CCNc2ccc(C#N)cc2)c1. The summed E-state index contributed by atoms with van der Waals surface area (Å²) in [5, 5.41) is 14.8. The summed E-state index contributed by atoms with van der Waals surface area (Å²) in [6.07, 6.45) is 0.382. The van der Waals surface area contributed by atoms with Crippen LogP contribution in [0.1, 0.15) is 23.1 Å². The van der Waals surface area contributed by atoms with Gasteiger partial charge in [-0.3, -0.25) is 4.79 Å². The Balaban J connectivity index is 1.81. The van der Waals surface area contributed by atoms with Crippen LogP contribution < -0.4 is 10.6 Å². The first-order valence-corrected chi connectivity index (χ1v) is 7.19. The summed E-state index contributed by atoms with van der Waals surface area (Å²) in [6, 6.07) is 15.2. The number of hydrogen-bond donors (Lipinski definition) is 2. The highest BCUT2D eigenvalue weighted by atomic mass is 16.1. The van der Waals surface area contributed by atoms with Crippen LogP contribution in [-0.4, -0.2) is 12.5 Å². The molecule has 0 radical (unpaired) electrons. The third kappa shape index (κ3) is 4.64. The van der Waals surface area contributed by atoms with Crippen molar-refractivity contribution in [3.05, 3.63) is 59.2 Å². The molecule has 2 rings (SSSR count). The van der Waals surface area contributed by atoms with Crippen molar-refractivity contribution in [3.8, 4) is 6.07 Å². The summed E-state index contributed by atoms with van der Waals surface area (Å²) in [6.45, 7) is 4.56. The fourth-order valence-electron chi connectivity index (χ4n) is 2.25. The minimum Gasteiger partial charge on any atom is -0.385 e. The predicted octanol–water partition coefficient (Wildman–Crippen LogP) is 3.62. The Morgan fingerprint density at radius 1 is 1.05 bits per heavy atom.